The Morgan fingerprint density at radius 3 is 2.30 bits per heavy atom. The molecule has 0 bridgehead atoms. The van der Waals surface area contributed by atoms with Crippen LogP contribution in [-0.4, -0.2) is 23.1 Å². The van der Waals surface area contributed by atoms with Crippen molar-refractivity contribution in [3.8, 4) is 5.75 Å². The van der Waals surface area contributed by atoms with Crippen molar-refractivity contribution in [1.29, 1.82) is 0 Å². The molecule has 0 aliphatic rings. The smallest absolute Gasteiger partial charge is 0.417 e. The van der Waals surface area contributed by atoms with Crippen LogP contribution in [0.25, 0.3) is 0 Å². The van der Waals surface area contributed by atoms with E-state index in [0.717, 1.165) is 11.6 Å². The number of hydrogen-bond donors (Lipinski definition) is 2. The Kier molecular flexibility index (Phi) is 6.09. The molecule has 2 rings (SSSR count). The van der Waals surface area contributed by atoms with Gasteiger partial charge in [0.15, 0.2) is 6.10 Å². The van der Waals surface area contributed by atoms with E-state index in [9.17, 15) is 27.9 Å². The lowest BCUT2D eigenvalue weighted by molar-refractivity contribution is -0.138. The van der Waals surface area contributed by atoms with Crippen LogP contribution in [0.5, 0.6) is 5.75 Å². The van der Waals surface area contributed by atoms with Gasteiger partial charge in [0, 0.05) is 0 Å². The molecule has 0 fully saturated rings. The van der Waals surface area contributed by atoms with Crippen molar-refractivity contribution in [3.05, 3.63) is 65.2 Å². The molecule has 0 spiro atoms. The largest absolute Gasteiger partial charge is 0.508 e. The molecule has 0 saturated heterocycles. The fourth-order valence-electron chi connectivity index (χ4n) is 2.38. The lowest BCUT2D eigenvalue weighted by atomic mass is 10.1. The van der Waals surface area contributed by atoms with Crippen molar-refractivity contribution in [2.75, 3.05) is 0 Å². The molecule has 0 aliphatic carbocycles. The zero-order valence-corrected chi connectivity index (χ0v) is 14.6. The van der Waals surface area contributed by atoms with Gasteiger partial charge in [-0.1, -0.05) is 30.3 Å². The average molecular weight is 381 g/mol. The molecule has 2 aromatic carbocycles. The van der Waals surface area contributed by atoms with E-state index in [-0.39, 0.29) is 6.04 Å². The van der Waals surface area contributed by atoms with Gasteiger partial charge in [-0.3, -0.25) is 4.79 Å². The molecule has 5 nitrogen and oxygen atoms in total. The predicted octanol–water partition coefficient (Wildman–Crippen LogP) is 3.83. The van der Waals surface area contributed by atoms with Gasteiger partial charge in [-0.25, -0.2) is 4.79 Å². The molecular weight excluding hydrogens is 363 g/mol. The first-order valence-electron chi connectivity index (χ1n) is 8.06. The van der Waals surface area contributed by atoms with Gasteiger partial charge >= 0.3 is 12.1 Å². The summed E-state index contributed by atoms with van der Waals surface area (Å²) in [5.74, 6) is -2.54. The van der Waals surface area contributed by atoms with E-state index >= 15 is 0 Å². The zero-order chi connectivity index (χ0) is 20.2. The van der Waals surface area contributed by atoms with E-state index in [1.807, 2.05) is 6.07 Å². The van der Waals surface area contributed by atoms with Crippen LogP contribution in [0, 0.1) is 0 Å². The molecule has 0 saturated carbocycles. The van der Waals surface area contributed by atoms with Crippen molar-refractivity contribution >= 4 is 11.9 Å². The number of phenolic OH excluding ortho intramolecular Hbond substituents is 1. The lowest BCUT2D eigenvalue weighted by Crippen LogP contribution is -2.37. The summed E-state index contributed by atoms with van der Waals surface area (Å²) in [7, 11) is 0. The van der Waals surface area contributed by atoms with Crippen LogP contribution in [0.4, 0.5) is 13.2 Å². The molecule has 0 aliphatic heterocycles. The first-order valence-corrected chi connectivity index (χ1v) is 8.06. The highest BCUT2D eigenvalue weighted by Crippen LogP contribution is 2.34. The monoisotopic (exact) mass is 381 g/mol. The highest BCUT2D eigenvalue weighted by Gasteiger charge is 2.36. The number of rotatable bonds is 5. The van der Waals surface area contributed by atoms with Crippen molar-refractivity contribution < 1.29 is 32.6 Å². The predicted molar refractivity (Wildman–Crippen MR) is 91.0 cm³/mol. The number of nitrogens with one attached hydrogen (secondary N) is 1. The van der Waals surface area contributed by atoms with E-state index in [2.05, 4.69) is 5.32 Å². The third-order valence-corrected chi connectivity index (χ3v) is 3.84. The number of phenols is 1. The van der Waals surface area contributed by atoms with Gasteiger partial charge in [0.1, 0.15) is 5.75 Å². The van der Waals surface area contributed by atoms with Crippen LogP contribution in [0.15, 0.2) is 48.5 Å². The van der Waals surface area contributed by atoms with Gasteiger partial charge < -0.3 is 15.2 Å². The van der Waals surface area contributed by atoms with E-state index in [1.165, 1.54) is 6.92 Å². The van der Waals surface area contributed by atoms with Crippen LogP contribution in [0.2, 0.25) is 0 Å². The summed E-state index contributed by atoms with van der Waals surface area (Å²) in [6.07, 6.45) is -6.14. The minimum absolute atomic E-state index is 0.383. The van der Waals surface area contributed by atoms with E-state index in [1.54, 1.807) is 31.2 Å². The summed E-state index contributed by atoms with van der Waals surface area (Å²) in [5, 5.41) is 12.0. The Bertz CT molecular complexity index is 821. The average Bonchev–Trinajstić information content (AvgIpc) is 2.61. The highest BCUT2D eigenvalue weighted by molar-refractivity contribution is 5.94. The second-order valence-corrected chi connectivity index (χ2v) is 5.92. The van der Waals surface area contributed by atoms with E-state index < -0.39 is 41.0 Å². The number of halogens is 3. The second-order valence-electron chi connectivity index (χ2n) is 5.92. The Labute approximate surface area is 153 Å². The van der Waals surface area contributed by atoms with Gasteiger partial charge in [-0.15, -0.1) is 0 Å². The quantitative estimate of drug-likeness (QED) is 0.772. The number of ether oxygens (including phenoxy) is 1. The molecule has 0 radical (unpaired) electrons. The molecule has 144 valence electrons. The number of benzene rings is 2. The number of aromatic hydroxyl groups is 1. The third kappa shape index (κ3) is 5.22. The topological polar surface area (TPSA) is 75.6 Å². The maximum atomic E-state index is 13.0. The van der Waals surface area contributed by atoms with Gasteiger partial charge in [0.25, 0.3) is 5.91 Å². The van der Waals surface area contributed by atoms with Crippen molar-refractivity contribution in [2.24, 2.45) is 0 Å². The molecule has 2 N–H and O–H groups in total. The van der Waals surface area contributed by atoms with Crippen LogP contribution in [0.3, 0.4) is 0 Å². The Hall–Kier alpha value is -3.03. The molecule has 1 amide bonds. The van der Waals surface area contributed by atoms with Gasteiger partial charge in [0.05, 0.1) is 17.2 Å². The minimum Gasteiger partial charge on any atom is -0.508 e. The normalized spacial score (nSPS) is 13.5. The summed E-state index contributed by atoms with van der Waals surface area (Å²) >= 11 is 0. The Morgan fingerprint density at radius 2 is 1.70 bits per heavy atom. The van der Waals surface area contributed by atoms with Crippen LogP contribution in [0.1, 0.15) is 41.4 Å². The van der Waals surface area contributed by atoms with Crippen LogP contribution >= 0.6 is 0 Å². The summed E-state index contributed by atoms with van der Waals surface area (Å²) in [6, 6.07) is 10.7. The standard InChI is InChI=1S/C19H18F3NO4/c1-11(13-6-4-3-5-7-13)23-17(25)12(2)27-18(26)15-10-14(24)8-9-16(15)19(20,21)22/h3-12,24H,1-2H3,(H,23,25)/t11-,12+/m0/s1. The number of carbonyl (C=O) groups is 2. The molecule has 0 unspecified atom stereocenters. The van der Waals surface area contributed by atoms with Crippen molar-refractivity contribution in [3.63, 3.8) is 0 Å². The summed E-state index contributed by atoms with van der Waals surface area (Å²) < 4.78 is 43.9. The van der Waals surface area contributed by atoms with E-state index in [0.29, 0.717) is 12.1 Å². The zero-order valence-electron chi connectivity index (χ0n) is 14.6. The van der Waals surface area contributed by atoms with Gasteiger partial charge in [-0.05, 0) is 37.6 Å². The maximum Gasteiger partial charge on any atom is 0.417 e. The van der Waals surface area contributed by atoms with Crippen LogP contribution in [-0.2, 0) is 15.7 Å². The molecule has 0 heterocycles. The number of alkyl halides is 3. The van der Waals surface area contributed by atoms with E-state index in [4.69, 9.17) is 4.74 Å². The fraction of sp³-hybridized carbons (Fsp3) is 0.263. The summed E-state index contributed by atoms with van der Waals surface area (Å²) in [5.41, 5.74) is -1.30. The minimum atomic E-state index is -4.81. The SMILES string of the molecule is C[C@H](NC(=O)[C@@H](C)OC(=O)c1cc(O)ccc1C(F)(F)F)c1ccccc1. The summed E-state index contributed by atoms with van der Waals surface area (Å²) in [6.45, 7) is 2.97. The number of amides is 1. The van der Waals surface area contributed by atoms with Crippen molar-refractivity contribution in [2.45, 2.75) is 32.2 Å². The fourth-order valence-corrected chi connectivity index (χ4v) is 2.38. The molecule has 2 atom stereocenters. The van der Waals surface area contributed by atoms with Gasteiger partial charge in [0.2, 0.25) is 0 Å². The first-order chi connectivity index (χ1) is 12.6. The highest BCUT2D eigenvalue weighted by atomic mass is 19.4. The van der Waals surface area contributed by atoms with Crippen molar-refractivity contribution in [1.82, 2.24) is 5.32 Å². The molecule has 27 heavy (non-hydrogen) atoms. The number of hydrogen-bond acceptors (Lipinski definition) is 4. The molecule has 2 aromatic rings. The number of carbonyl (C=O) groups excluding carboxylic acids is 2. The number of esters is 1. The molecular formula is C19H18F3NO4. The first kappa shape index (κ1) is 20.3. The second kappa shape index (κ2) is 8.11. The molecule has 8 heteroatoms. The Balaban J connectivity index is 2.09. The summed E-state index contributed by atoms with van der Waals surface area (Å²) in [4.78, 5) is 24.3. The lowest BCUT2D eigenvalue weighted by Gasteiger charge is -2.19. The van der Waals surface area contributed by atoms with Gasteiger partial charge in [-0.2, -0.15) is 13.2 Å². The van der Waals surface area contributed by atoms with Crippen LogP contribution < -0.4 is 5.32 Å². The maximum absolute atomic E-state index is 13.0. The third-order valence-electron chi connectivity index (χ3n) is 3.84. The molecule has 0 aromatic heterocycles. The Morgan fingerprint density at radius 1 is 1.07 bits per heavy atom.